The van der Waals surface area contributed by atoms with Crippen LogP contribution in [0.25, 0.3) is 11.3 Å². The molecule has 1 N–H and O–H groups in total. The summed E-state index contributed by atoms with van der Waals surface area (Å²) in [5, 5.41) is 13.4. The molecular weight excluding hydrogens is 433 g/mol. The molecular formula is C22H18F5N3O2. The highest BCUT2D eigenvalue weighted by molar-refractivity contribution is 5.95. The van der Waals surface area contributed by atoms with E-state index in [-0.39, 0.29) is 48.5 Å². The lowest BCUT2D eigenvalue weighted by atomic mass is 10.0. The number of likely N-dealkylation sites (tertiary alicyclic amines) is 1. The molecule has 0 bridgehead atoms. The molecule has 2 heterocycles. The van der Waals surface area contributed by atoms with Crippen LogP contribution in [0.4, 0.5) is 22.0 Å². The summed E-state index contributed by atoms with van der Waals surface area (Å²) >= 11 is 0. The number of aromatic nitrogens is 2. The molecule has 1 aliphatic heterocycles. The van der Waals surface area contributed by atoms with Gasteiger partial charge in [0.25, 0.3) is 5.91 Å². The highest BCUT2D eigenvalue weighted by atomic mass is 19.4. The summed E-state index contributed by atoms with van der Waals surface area (Å²) in [4.78, 5) is 14.0. The second-order valence-electron chi connectivity index (χ2n) is 7.52. The molecule has 0 saturated carbocycles. The lowest BCUT2D eigenvalue weighted by Crippen LogP contribution is -2.39. The molecule has 1 amide bonds. The van der Waals surface area contributed by atoms with E-state index < -0.39 is 35.3 Å². The Morgan fingerprint density at radius 1 is 1.03 bits per heavy atom. The van der Waals surface area contributed by atoms with E-state index in [4.69, 9.17) is 0 Å². The van der Waals surface area contributed by atoms with E-state index in [2.05, 4.69) is 5.10 Å². The van der Waals surface area contributed by atoms with Gasteiger partial charge in [-0.05, 0) is 43.2 Å². The van der Waals surface area contributed by atoms with Gasteiger partial charge in [0.05, 0.1) is 23.5 Å². The summed E-state index contributed by atoms with van der Waals surface area (Å²) < 4.78 is 70.3. The maximum atomic E-state index is 14.4. The topological polar surface area (TPSA) is 58.4 Å². The second kappa shape index (κ2) is 8.25. The third kappa shape index (κ3) is 4.04. The van der Waals surface area contributed by atoms with Crippen LogP contribution in [0.5, 0.6) is 5.75 Å². The predicted octanol–water partition coefficient (Wildman–Crippen LogP) is 5.03. The number of phenolic OH excluding ortho intramolecular Hbond substituents is 1. The molecule has 0 atom stereocenters. The molecule has 32 heavy (non-hydrogen) atoms. The Labute approximate surface area is 179 Å². The van der Waals surface area contributed by atoms with Crippen molar-refractivity contribution in [3.8, 4) is 17.0 Å². The molecule has 2 aromatic carbocycles. The minimum absolute atomic E-state index is 0.135. The van der Waals surface area contributed by atoms with E-state index in [9.17, 15) is 31.9 Å². The quantitative estimate of drug-likeness (QED) is 0.569. The monoisotopic (exact) mass is 451 g/mol. The number of aromatic hydroxyl groups is 1. The zero-order chi connectivity index (χ0) is 23.0. The zero-order valence-electron chi connectivity index (χ0n) is 16.6. The molecule has 1 aliphatic rings. The maximum absolute atomic E-state index is 14.4. The summed E-state index contributed by atoms with van der Waals surface area (Å²) in [6, 6.07) is 7.80. The van der Waals surface area contributed by atoms with Crippen LogP contribution in [-0.4, -0.2) is 38.8 Å². The van der Waals surface area contributed by atoms with Crippen molar-refractivity contribution >= 4 is 5.91 Å². The van der Waals surface area contributed by atoms with Crippen molar-refractivity contribution in [3.63, 3.8) is 0 Å². The van der Waals surface area contributed by atoms with E-state index in [1.165, 1.54) is 23.1 Å². The van der Waals surface area contributed by atoms with Crippen molar-refractivity contribution in [3.05, 3.63) is 71.4 Å². The van der Waals surface area contributed by atoms with Crippen LogP contribution >= 0.6 is 0 Å². The Morgan fingerprint density at radius 2 is 1.72 bits per heavy atom. The van der Waals surface area contributed by atoms with Gasteiger partial charge in [-0.1, -0.05) is 12.1 Å². The Kier molecular flexibility index (Phi) is 5.62. The van der Waals surface area contributed by atoms with Crippen LogP contribution in [0.2, 0.25) is 0 Å². The van der Waals surface area contributed by atoms with Gasteiger partial charge in [0, 0.05) is 18.7 Å². The molecule has 4 rings (SSSR count). The molecule has 1 saturated heterocycles. The fourth-order valence-corrected chi connectivity index (χ4v) is 3.93. The first-order valence-corrected chi connectivity index (χ1v) is 9.84. The summed E-state index contributed by atoms with van der Waals surface area (Å²) in [6.07, 6.45) is -3.56. The second-order valence-corrected chi connectivity index (χ2v) is 7.52. The van der Waals surface area contributed by atoms with Crippen molar-refractivity contribution < 1.29 is 31.9 Å². The van der Waals surface area contributed by atoms with Gasteiger partial charge in [-0.3, -0.25) is 9.48 Å². The molecule has 1 fully saturated rings. The van der Waals surface area contributed by atoms with E-state index >= 15 is 0 Å². The Hall–Kier alpha value is -3.43. The van der Waals surface area contributed by atoms with Gasteiger partial charge in [-0.15, -0.1) is 0 Å². The third-order valence-electron chi connectivity index (χ3n) is 5.51. The molecule has 168 valence electrons. The Bertz CT molecular complexity index is 1150. The number of amides is 1. The number of carbonyl (C=O) groups excluding carboxylic acids is 1. The van der Waals surface area contributed by atoms with Gasteiger partial charge in [0.2, 0.25) is 0 Å². The number of benzene rings is 2. The molecule has 0 spiro atoms. The SMILES string of the molecule is O=C(c1cc(O)ccc1F)N1CCC(n2ncc(C(F)(F)F)c2-c2ccccc2F)CC1. The van der Waals surface area contributed by atoms with Crippen LogP contribution in [0.15, 0.2) is 48.7 Å². The van der Waals surface area contributed by atoms with Crippen molar-refractivity contribution in [2.75, 3.05) is 13.1 Å². The number of carbonyl (C=O) groups is 1. The van der Waals surface area contributed by atoms with E-state index in [1.807, 2.05) is 0 Å². The lowest BCUT2D eigenvalue weighted by molar-refractivity contribution is -0.137. The highest BCUT2D eigenvalue weighted by Gasteiger charge is 2.39. The number of hydrogen-bond donors (Lipinski definition) is 1. The maximum Gasteiger partial charge on any atom is 0.420 e. The average Bonchev–Trinajstić information content (AvgIpc) is 3.21. The minimum Gasteiger partial charge on any atom is -0.508 e. The van der Waals surface area contributed by atoms with Crippen molar-refractivity contribution in [2.24, 2.45) is 0 Å². The van der Waals surface area contributed by atoms with Crippen LogP contribution < -0.4 is 0 Å². The predicted molar refractivity (Wildman–Crippen MR) is 105 cm³/mol. The lowest BCUT2D eigenvalue weighted by Gasteiger charge is -2.33. The number of rotatable bonds is 3. The first-order valence-electron chi connectivity index (χ1n) is 9.84. The summed E-state index contributed by atoms with van der Waals surface area (Å²) in [6.45, 7) is 0.271. The van der Waals surface area contributed by atoms with Gasteiger partial charge in [-0.2, -0.15) is 18.3 Å². The minimum atomic E-state index is -4.72. The molecule has 0 radical (unpaired) electrons. The summed E-state index contributed by atoms with van der Waals surface area (Å²) in [5.41, 5.74) is -1.89. The van der Waals surface area contributed by atoms with Gasteiger partial charge < -0.3 is 10.0 Å². The van der Waals surface area contributed by atoms with Crippen molar-refractivity contribution in [1.29, 1.82) is 0 Å². The van der Waals surface area contributed by atoms with Gasteiger partial charge in [0.1, 0.15) is 22.9 Å². The average molecular weight is 451 g/mol. The fourth-order valence-electron chi connectivity index (χ4n) is 3.93. The molecule has 0 unspecified atom stereocenters. The van der Waals surface area contributed by atoms with Gasteiger partial charge in [-0.25, -0.2) is 8.78 Å². The number of phenols is 1. The zero-order valence-corrected chi connectivity index (χ0v) is 16.6. The molecule has 1 aromatic heterocycles. The van der Waals surface area contributed by atoms with Crippen LogP contribution in [-0.2, 0) is 6.18 Å². The van der Waals surface area contributed by atoms with Crippen LogP contribution in [0.3, 0.4) is 0 Å². The third-order valence-corrected chi connectivity index (χ3v) is 5.51. The first-order chi connectivity index (χ1) is 15.2. The number of alkyl halides is 3. The van der Waals surface area contributed by atoms with E-state index in [0.29, 0.717) is 6.20 Å². The molecule has 3 aromatic rings. The standard InChI is InChI=1S/C22H18F5N3O2/c23-18-4-2-1-3-15(18)20-17(22(25,26)27)12-28-30(20)13-7-9-29(10-8-13)21(32)16-11-14(31)5-6-19(16)24/h1-6,11-13,31H,7-10H2. The molecule has 5 nitrogen and oxygen atoms in total. The largest absolute Gasteiger partial charge is 0.508 e. The smallest absolute Gasteiger partial charge is 0.420 e. The Morgan fingerprint density at radius 3 is 2.38 bits per heavy atom. The summed E-state index contributed by atoms with van der Waals surface area (Å²) in [5.74, 6) is -2.46. The summed E-state index contributed by atoms with van der Waals surface area (Å²) in [7, 11) is 0. The van der Waals surface area contributed by atoms with Crippen LogP contribution in [0, 0.1) is 11.6 Å². The molecule has 0 aliphatic carbocycles. The van der Waals surface area contributed by atoms with E-state index in [1.54, 1.807) is 0 Å². The first kappa shape index (κ1) is 21.8. The highest BCUT2D eigenvalue weighted by Crippen LogP contribution is 2.40. The normalized spacial score (nSPS) is 15.2. The van der Waals surface area contributed by atoms with Gasteiger partial charge >= 0.3 is 6.18 Å². The number of nitrogens with zero attached hydrogens (tertiary/aromatic N) is 3. The van der Waals surface area contributed by atoms with Crippen molar-refractivity contribution in [2.45, 2.75) is 25.1 Å². The molecule has 10 heteroatoms. The van der Waals surface area contributed by atoms with Crippen molar-refractivity contribution in [1.82, 2.24) is 14.7 Å². The fraction of sp³-hybridized carbons (Fsp3) is 0.273. The number of hydrogen-bond acceptors (Lipinski definition) is 3. The Balaban J connectivity index is 1.60. The van der Waals surface area contributed by atoms with Crippen LogP contribution in [0.1, 0.15) is 34.8 Å². The number of halogens is 5. The number of piperidine rings is 1. The van der Waals surface area contributed by atoms with E-state index in [0.717, 1.165) is 28.9 Å². The van der Waals surface area contributed by atoms with Gasteiger partial charge in [0.15, 0.2) is 0 Å².